The minimum atomic E-state index is -0.187. The van der Waals surface area contributed by atoms with Gasteiger partial charge in [0.2, 0.25) is 5.91 Å². The molecular formula is C14H26N2O. The molecule has 1 aliphatic carbocycles. The van der Waals surface area contributed by atoms with E-state index in [2.05, 4.69) is 24.5 Å². The van der Waals surface area contributed by atoms with Crippen molar-refractivity contribution >= 4 is 5.91 Å². The average molecular weight is 238 g/mol. The van der Waals surface area contributed by atoms with Gasteiger partial charge in [-0.25, -0.2) is 0 Å². The van der Waals surface area contributed by atoms with E-state index in [4.69, 9.17) is 0 Å². The number of rotatable bonds is 3. The lowest BCUT2D eigenvalue weighted by molar-refractivity contribution is -0.131. The first-order valence-corrected chi connectivity index (χ1v) is 7.03. The number of nitrogens with one attached hydrogen (secondary N) is 2. The van der Waals surface area contributed by atoms with Crippen LogP contribution in [0.5, 0.6) is 0 Å². The Morgan fingerprint density at radius 2 is 1.88 bits per heavy atom. The zero-order valence-electron chi connectivity index (χ0n) is 11.3. The smallest absolute Gasteiger partial charge is 0.227 e. The quantitative estimate of drug-likeness (QED) is 0.790. The third kappa shape index (κ3) is 3.01. The van der Waals surface area contributed by atoms with Gasteiger partial charge in [-0.1, -0.05) is 19.8 Å². The van der Waals surface area contributed by atoms with Crippen LogP contribution in [0.15, 0.2) is 0 Å². The highest BCUT2D eigenvalue weighted by atomic mass is 16.2. The molecule has 1 atom stereocenters. The average Bonchev–Trinajstić information content (AvgIpc) is 2.75. The molecular weight excluding hydrogens is 212 g/mol. The van der Waals surface area contributed by atoms with Crippen LogP contribution in [0.2, 0.25) is 0 Å². The van der Waals surface area contributed by atoms with Crippen molar-refractivity contribution in [3.8, 4) is 0 Å². The molecule has 1 heterocycles. The molecule has 98 valence electrons. The Bertz CT molecular complexity index is 276. The molecule has 2 rings (SSSR count). The number of carbonyl (C=O) groups is 1. The largest absolute Gasteiger partial charge is 0.355 e. The fourth-order valence-corrected chi connectivity index (χ4v) is 3.16. The highest BCUT2D eigenvalue weighted by Crippen LogP contribution is 2.37. The van der Waals surface area contributed by atoms with E-state index in [0.29, 0.717) is 5.41 Å². The first-order valence-electron chi connectivity index (χ1n) is 7.03. The molecule has 0 aromatic carbocycles. The summed E-state index contributed by atoms with van der Waals surface area (Å²) in [5.74, 6) is 0.248. The van der Waals surface area contributed by atoms with Crippen LogP contribution in [0.3, 0.4) is 0 Å². The van der Waals surface area contributed by atoms with Crippen molar-refractivity contribution in [3.05, 3.63) is 0 Å². The van der Waals surface area contributed by atoms with Gasteiger partial charge in [0.05, 0.1) is 5.41 Å². The maximum absolute atomic E-state index is 12.3. The van der Waals surface area contributed by atoms with Gasteiger partial charge in [0.15, 0.2) is 0 Å². The molecule has 2 aliphatic rings. The van der Waals surface area contributed by atoms with Crippen molar-refractivity contribution in [2.45, 2.75) is 52.4 Å². The van der Waals surface area contributed by atoms with Crippen LogP contribution in [-0.2, 0) is 4.79 Å². The number of piperidine rings is 1. The Balaban J connectivity index is 1.84. The summed E-state index contributed by atoms with van der Waals surface area (Å²) in [5, 5.41) is 6.53. The van der Waals surface area contributed by atoms with Crippen LogP contribution >= 0.6 is 0 Å². The van der Waals surface area contributed by atoms with Crippen LogP contribution in [0, 0.1) is 10.8 Å². The molecule has 1 unspecified atom stereocenters. The second kappa shape index (κ2) is 4.97. The Morgan fingerprint density at radius 1 is 1.18 bits per heavy atom. The minimum absolute atomic E-state index is 0.187. The van der Waals surface area contributed by atoms with Crippen molar-refractivity contribution in [1.82, 2.24) is 10.6 Å². The Morgan fingerprint density at radius 3 is 2.47 bits per heavy atom. The summed E-state index contributed by atoms with van der Waals surface area (Å²) in [7, 11) is 0. The van der Waals surface area contributed by atoms with E-state index < -0.39 is 0 Å². The second-order valence-corrected chi connectivity index (χ2v) is 6.54. The van der Waals surface area contributed by atoms with Crippen LogP contribution in [0.1, 0.15) is 52.4 Å². The van der Waals surface area contributed by atoms with Crippen molar-refractivity contribution < 1.29 is 4.79 Å². The normalized spacial score (nSPS) is 32.4. The molecule has 1 saturated carbocycles. The lowest BCUT2D eigenvalue weighted by Gasteiger charge is -2.34. The van der Waals surface area contributed by atoms with E-state index in [0.717, 1.165) is 32.5 Å². The van der Waals surface area contributed by atoms with Gasteiger partial charge >= 0.3 is 0 Å². The van der Waals surface area contributed by atoms with E-state index in [9.17, 15) is 4.79 Å². The van der Waals surface area contributed by atoms with Gasteiger partial charge < -0.3 is 10.6 Å². The lowest BCUT2D eigenvalue weighted by atomic mass is 9.81. The van der Waals surface area contributed by atoms with Crippen LogP contribution in [-0.4, -0.2) is 25.5 Å². The fourth-order valence-electron chi connectivity index (χ4n) is 3.16. The van der Waals surface area contributed by atoms with Gasteiger partial charge in [-0.15, -0.1) is 0 Å². The summed E-state index contributed by atoms with van der Waals surface area (Å²) in [4.78, 5) is 12.3. The predicted molar refractivity (Wildman–Crippen MR) is 69.8 cm³/mol. The zero-order valence-corrected chi connectivity index (χ0v) is 11.3. The van der Waals surface area contributed by atoms with Gasteiger partial charge in [-0.2, -0.15) is 0 Å². The van der Waals surface area contributed by atoms with Crippen molar-refractivity contribution in [2.24, 2.45) is 10.8 Å². The van der Waals surface area contributed by atoms with E-state index in [1.54, 1.807) is 0 Å². The van der Waals surface area contributed by atoms with Gasteiger partial charge in [-0.3, -0.25) is 4.79 Å². The highest BCUT2D eigenvalue weighted by molar-refractivity contribution is 5.82. The lowest BCUT2D eigenvalue weighted by Crippen LogP contribution is -2.50. The molecule has 1 amide bonds. The summed E-state index contributed by atoms with van der Waals surface area (Å²) in [6, 6.07) is 0. The topological polar surface area (TPSA) is 41.1 Å². The zero-order chi connectivity index (χ0) is 12.4. The molecule has 0 aromatic heterocycles. The van der Waals surface area contributed by atoms with Crippen molar-refractivity contribution in [1.29, 1.82) is 0 Å². The monoisotopic (exact) mass is 238 g/mol. The van der Waals surface area contributed by atoms with Crippen LogP contribution in [0.4, 0.5) is 0 Å². The van der Waals surface area contributed by atoms with Gasteiger partial charge in [0.1, 0.15) is 0 Å². The molecule has 2 fully saturated rings. The Hall–Kier alpha value is -0.570. The van der Waals surface area contributed by atoms with E-state index in [-0.39, 0.29) is 11.3 Å². The fraction of sp³-hybridized carbons (Fsp3) is 0.929. The predicted octanol–water partition coefficient (Wildman–Crippen LogP) is 2.07. The van der Waals surface area contributed by atoms with Gasteiger partial charge in [0, 0.05) is 13.1 Å². The molecule has 1 aliphatic heterocycles. The number of amides is 1. The molecule has 3 heteroatoms. The standard InChI is InChI=1S/C14H26N2O/c1-13(6-3-4-7-13)10-16-12(17)14(2)8-5-9-15-11-14/h15H,3-11H2,1-2H3,(H,16,17). The number of hydrogen-bond acceptors (Lipinski definition) is 2. The SMILES string of the molecule is CC1(CNC(=O)C2(C)CCCNC2)CCCC1. The third-order valence-electron chi connectivity index (χ3n) is 4.63. The van der Waals surface area contributed by atoms with Crippen LogP contribution < -0.4 is 10.6 Å². The first kappa shape index (κ1) is 12.9. The molecule has 3 nitrogen and oxygen atoms in total. The molecule has 0 aromatic rings. The molecule has 1 saturated heterocycles. The summed E-state index contributed by atoms with van der Waals surface area (Å²) in [6.07, 6.45) is 7.31. The van der Waals surface area contributed by atoms with Crippen molar-refractivity contribution in [3.63, 3.8) is 0 Å². The van der Waals surface area contributed by atoms with E-state index >= 15 is 0 Å². The van der Waals surface area contributed by atoms with Gasteiger partial charge in [0.25, 0.3) is 0 Å². The van der Waals surface area contributed by atoms with E-state index in [1.807, 2.05) is 0 Å². The first-order chi connectivity index (χ1) is 8.04. The number of hydrogen-bond donors (Lipinski definition) is 2. The summed E-state index contributed by atoms with van der Waals surface area (Å²) < 4.78 is 0. The summed E-state index contributed by atoms with van der Waals surface area (Å²) in [6.45, 7) is 7.14. The van der Waals surface area contributed by atoms with Crippen molar-refractivity contribution in [2.75, 3.05) is 19.6 Å². The number of carbonyl (C=O) groups excluding carboxylic acids is 1. The molecule has 0 bridgehead atoms. The maximum Gasteiger partial charge on any atom is 0.227 e. The molecule has 0 spiro atoms. The molecule has 0 radical (unpaired) electrons. The van der Waals surface area contributed by atoms with E-state index in [1.165, 1.54) is 25.7 Å². The Labute approximate surface area is 105 Å². The maximum atomic E-state index is 12.3. The minimum Gasteiger partial charge on any atom is -0.355 e. The van der Waals surface area contributed by atoms with Gasteiger partial charge in [-0.05, 0) is 44.6 Å². The summed E-state index contributed by atoms with van der Waals surface area (Å²) in [5.41, 5.74) is 0.168. The third-order valence-corrected chi connectivity index (χ3v) is 4.63. The summed E-state index contributed by atoms with van der Waals surface area (Å²) >= 11 is 0. The second-order valence-electron chi connectivity index (χ2n) is 6.54. The Kier molecular flexibility index (Phi) is 3.76. The highest BCUT2D eigenvalue weighted by Gasteiger charge is 2.36. The molecule has 2 N–H and O–H groups in total. The van der Waals surface area contributed by atoms with Crippen LogP contribution in [0.25, 0.3) is 0 Å². The molecule has 17 heavy (non-hydrogen) atoms.